The first kappa shape index (κ1) is 10.4. The lowest BCUT2D eigenvalue weighted by Gasteiger charge is -2.17. The van der Waals surface area contributed by atoms with E-state index in [1.165, 1.54) is 6.20 Å². The molecule has 0 atom stereocenters. The highest BCUT2D eigenvalue weighted by atomic mass is 15.2. The maximum Gasteiger partial charge on any atom is 0.149 e. The largest absolute Gasteiger partial charge is 0.382 e. The van der Waals surface area contributed by atoms with Gasteiger partial charge in [-0.15, -0.1) is 0 Å². The molecular formula is C10H14N6. The first-order valence-electron chi connectivity index (χ1n) is 4.91. The summed E-state index contributed by atoms with van der Waals surface area (Å²) < 4.78 is 1.97. The lowest BCUT2D eigenvalue weighted by Crippen LogP contribution is -2.20. The number of aryl methyl sites for hydroxylation is 1. The van der Waals surface area contributed by atoms with Crippen molar-refractivity contribution in [2.45, 2.75) is 6.54 Å². The van der Waals surface area contributed by atoms with Crippen molar-refractivity contribution in [3.8, 4) is 0 Å². The topological polar surface area (TPSA) is 72.9 Å². The number of aromatic nitrogens is 4. The Bertz CT molecular complexity index is 478. The molecule has 0 aliphatic carbocycles. The molecule has 2 N–H and O–H groups in total. The van der Waals surface area contributed by atoms with Crippen LogP contribution in [0.15, 0.2) is 24.8 Å². The minimum absolute atomic E-state index is 0.421. The molecule has 0 bridgehead atoms. The monoisotopic (exact) mass is 218 g/mol. The summed E-state index contributed by atoms with van der Waals surface area (Å²) in [6, 6.07) is 0. The van der Waals surface area contributed by atoms with E-state index >= 15 is 0 Å². The van der Waals surface area contributed by atoms with Crippen LogP contribution in [-0.4, -0.2) is 26.6 Å². The van der Waals surface area contributed by atoms with E-state index in [1.54, 1.807) is 12.4 Å². The molecule has 2 aromatic heterocycles. The second-order valence-electron chi connectivity index (χ2n) is 3.61. The van der Waals surface area contributed by atoms with Crippen molar-refractivity contribution >= 4 is 11.6 Å². The van der Waals surface area contributed by atoms with Crippen LogP contribution >= 0.6 is 0 Å². The van der Waals surface area contributed by atoms with E-state index in [-0.39, 0.29) is 0 Å². The van der Waals surface area contributed by atoms with Crippen LogP contribution in [0.5, 0.6) is 0 Å². The molecular weight excluding hydrogens is 204 g/mol. The zero-order chi connectivity index (χ0) is 11.5. The zero-order valence-corrected chi connectivity index (χ0v) is 9.33. The van der Waals surface area contributed by atoms with E-state index in [4.69, 9.17) is 5.73 Å². The van der Waals surface area contributed by atoms with Gasteiger partial charge in [-0.2, -0.15) is 0 Å². The third-order valence-corrected chi connectivity index (χ3v) is 2.33. The molecule has 0 unspecified atom stereocenters. The predicted octanol–water partition coefficient (Wildman–Crippen LogP) is 0.429. The van der Waals surface area contributed by atoms with Gasteiger partial charge in [0.2, 0.25) is 0 Å². The molecule has 84 valence electrons. The quantitative estimate of drug-likeness (QED) is 0.808. The summed E-state index contributed by atoms with van der Waals surface area (Å²) in [5.41, 5.74) is 5.58. The van der Waals surface area contributed by atoms with Gasteiger partial charge in [0.15, 0.2) is 0 Å². The summed E-state index contributed by atoms with van der Waals surface area (Å²) >= 11 is 0. The summed E-state index contributed by atoms with van der Waals surface area (Å²) in [6.07, 6.45) is 6.89. The third-order valence-electron chi connectivity index (χ3n) is 2.33. The van der Waals surface area contributed by atoms with E-state index < -0.39 is 0 Å². The second kappa shape index (κ2) is 4.18. The van der Waals surface area contributed by atoms with Gasteiger partial charge in [-0.25, -0.2) is 9.97 Å². The molecule has 0 radical (unpaired) electrons. The Morgan fingerprint density at radius 2 is 2.25 bits per heavy atom. The van der Waals surface area contributed by atoms with Gasteiger partial charge in [0.1, 0.15) is 17.5 Å². The van der Waals surface area contributed by atoms with Crippen molar-refractivity contribution in [1.82, 2.24) is 19.5 Å². The van der Waals surface area contributed by atoms with Crippen LogP contribution in [0.4, 0.5) is 11.6 Å². The smallest absolute Gasteiger partial charge is 0.149 e. The highest BCUT2D eigenvalue weighted by Crippen LogP contribution is 2.11. The molecule has 0 aliphatic rings. The molecule has 0 amide bonds. The Labute approximate surface area is 93.8 Å². The van der Waals surface area contributed by atoms with Crippen molar-refractivity contribution in [2.75, 3.05) is 17.7 Å². The van der Waals surface area contributed by atoms with Crippen molar-refractivity contribution in [2.24, 2.45) is 7.05 Å². The van der Waals surface area contributed by atoms with Gasteiger partial charge in [0.05, 0.1) is 18.9 Å². The Kier molecular flexibility index (Phi) is 2.72. The number of anilines is 2. The fourth-order valence-electron chi connectivity index (χ4n) is 1.40. The van der Waals surface area contributed by atoms with Gasteiger partial charge in [0.25, 0.3) is 0 Å². The van der Waals surface area contributed by atoms with Gasteiger partial charge in [0, 0.05) is 26.5 Å². The van der Waals surface area contributed by atoms with Crippen LogP contribution in [0, 0.1) is 0 Å². The number of nitrogens with zero attached hydrogens (tertiary/aromatic N) is 5. The van der Waals surface area contributed by atoms with Gasteiger partial charge in [-0.3, -0.25) is 4.98 Å². The predicted molar refractivity (Wildman–Crippen MR) is 61.8 cm³/mol. The number of hydrogen-bond acceptors (Lipinski definition) is 5. The summed E-state index contributed by atoms with van der Waals surface area (Å²) in [5, 5.41) is 0. The van der Waals surface area contributed by atoms with E-state index in [2.05, 4.69) is 15.0 Å². The summed E-state index contributed by atoms with van der Waals surface area (Å²) in [5.74, 6) is 2.12. The molecule has 0 aliphatic heterocycles. The van der Waals surface area contributed by atoms with E-state index in [0.29, 0.717) is 12.4 Å². The maximum atomic E-state index is 5.58. The number of nitrogens with two attached hydrogens (primary N) is 1. The summed E-state index contributed by atoms with van der Waals surface area (Å²) in [6.45, 7) is 0.668. The minimum atomic E-state index is 0.421. The van der Waals surface area contributed by atoms with E-state index in [0.717, 1.165) is 11.6 Å². The zero-order valence-electron chi connectivity index (χ0n) is 9.33. The van der Waals surface area contributed by atoms with Gasteiger partial charge in [-0.05, 0) is 0 Å². The molecule has 0 saturated carbocycles. The van der Waals surface area contributed by atoms with Crippen LogP contribution < -0.4 is 10.6 Å². The maximum absolute atomic E-state index is 5.58. The van der Waals surface area contributed by atoms with Crippen molar-refractivity contribution in [3.05, 3.63) is 30.6 Å². The molecule has 16 heavy (non-hydrogen) atoms. The minimum Gasteiger partial charge on any atom is -0.382 e. The van der Waals surface area contributed by atoms with E-state index in [1.807, 2.05) is 29.8 Å². The van der Waals surface area contributed by atoms with Crippen LogP contribution in [-0.2, 0) is 13.6 Å². The number of nitrogen functional groups attached to an aromatic ring is 1. The van der Waals surface area contributed by atoms with Crippen molar-refractivity contribution in [3.63, 3.8) is 0 Å². The van der Waals surface area contributed by atoms with Crippen molar-refractivity contribution in [1.29, 1.82) is 0 Å². The molecule has 2 aromatic rings. The summed E-state index contributed by atoms with van der Waals surface area (Å²) in [7, 11) is 3.89. The van der Waals surface area contributed by atoms with Gasteiger partial charge < -0.3 is 15.2 Å². The molecule has 0 aromatic carbocycles. The molecule has 6 heteroatoms. The molecule has 0 saturated heterocycles. The first-order valence-corrected chi connectivity index (χ1v) is 4.91. The fraction of sp³-hybridized carbons (Fsp3) is 0.300. The Balaban J connectivity index is 2.14. The van der Waals surface area contributed by atoms with Gasteiger partial charge >= 0.3 is 0 Å². The molecule has 0 fully saturated rings. The van der Waals surface area contributed by atoms with E-state index in [9.17, 15) is 0 Å². The number of imidazole rings is 1. The number of hydrogen-bond donors (Lipinski definition) is 1. The molecule has 0 spiro atoms. The van der Waals surface area contributed by atoms with Gasteiger partial charge in [-0.1, -0.05) is 0 Å². The lowest BCUT2D eigenvalue weighted by molar-refractivity contribution is 0.754. The lowest BCUT2D eigenvalue weighted by atomic mass is 10.5. The highest BCUT2D eigenvalue weighted by Gasteiger charge is 2.07. The first-order chi connectivity index (χ1) is 7.66. The Hall–Kier alpha value is -2.11. The Morgan fingerprint density at radius 3 is 2.88 bits per heavy atom. The van der Waals surface area contributed by atoms with Crippen LogP contribution in [0.3, 0.4) is 0 Å². The standard InChI is InChI=1S/C10H14N6/c1-15-4-3-13-10(15)7-16(2)9-6-12-5-8(11)14-9/h3-6H,7H2,1-2H3,(H2,11,14). The van der Waals surface area contributed by atoms with Crippen LogP contribution in [0.1, 0.15) is 5.82 Å². The Morgan fingerprint density at radius 1 is 1.44 bits per heavy atom. The molecule has 2 heterocycles. The SMILES string of the molecule is CN(Cc1nccn1C)c1cncc(N)n1. The highest BCUT2D eigenvalue weighted by molar-refractivity contribution is 5.40. The average Bonchev–Trinajstić information content (AvgIpc) is 2.64. The van der Waals surface area contributed by atoms with Crippen molar-refractivity contribution < 1.29 is 0 Å². The summed E-state index contributed by atoms with van der Waals surface area (Å²) in [4.78, 5) is 14.4. The normalized spacial score (nSPS) is 10.4. The third kappa shape index (κ3) is 2.10. The molecule has 2 rings (SSSR count). The van der Waals surface area contributed by atoms with Crippen LogP contribution in [0.2, 0.25) is 0 Å². The van der Waals surface area contributed by atoms with Crippen LogP contribution in [0.25, 0.3) is 0 Å². The number of rotatable bonds is 3. The molecule has 6 nitrogen and oxygen atoms in total. The average molecular weight is 218 g/mol. The fourth-order valence-corrected chi connectivity index (χ4v) is 1.40. The second-order valence-corrected chi connectivity index (χ2v) is 3.61.